The lowest BCUT2D eigenvalue weighted by molar-refractivity contribution is -0.137. The number of carbonyl (C=O) groups is 1. The molecule has 1 aliphatic rings. The van der Waals surface area contributed by atoms with E-state index in [0.717, 1.165) is 38.1 Å². The van der Waals surface area contributed by atoms with E-state index < -0.39 is 11.7 Å². The number of rotatable bonds is 5. The topological polar surface area (TPSA) is 57.3 Å². The number of piperidine rings is 1. The molecular formula is C19H21F3N4O. The number of amides is 1. The second-order valence-corrected chi connectivity index (χ2v) is 6.52. The predicted octanol–water partition coefficient (Wildman–Crippen LogP) is 4.27. The number of aromatic nitrogens is 1. The number of anilines is 3. The van der Waals surface area contributed by atoms with Gasteiger partial charge in [0.25, 0.3) is 0 Å². The summed E-state index contributed by atoms with van der Waals surface area (Å²) < 4.78 is 38.3. The van der Waals surface area contributed by atoms with Gasteiger partial charge in [0.05, 0.1) is 24.0 Å². The van der Waals surface area contributed by atoms with Crippen molar-refractivity contribution in [3.8, 4) is 0 Å². The third kappa shape index (κ3) is 5.68. The SMILES string of the molecule is O=C(CN1CCCCC1)Nc1ccc(Nc2cccc(C(F)(F)F)c2)nc1. The van der Waals surface area contributed by atoms with Crippen molar-refractivity contribution in [1.29, 1.82) is 0 Å². The Kier molecular flexibility index (Phi) is 5.95. The molecular weight excluding hydrogens is 357 g/mol. The summed E-state index contributed by atoms with van der Waals surface area (Å²) in [4.78, 5) is 18.4. The molecule has 2 aromatic rings. The molecule has 5 nitrogen and oxygen atoms in total. The number of nitrogens with zero attached hydrogens (tertiary/aromatic N) is 2. The molecule has 2 heterocycles. The Morgan fingerprint density at radius 3 is 2.52 bits per heavy atom. The Morgan fingerprint density at radius 2 is 1.85 bits per heavy atom. The largest absolute Gasteiger partial charge is 0.416 e. The van der Waals surface area contributed by atoms with Crippen LogP contribution in [0.15, 0.2) is 42.6 Å². The second-order valence-electron chi connectivity index (χ2n) is 6.52. The molecule has 144 valence electrons. The number of hydrogen-bond acceptors (Lipinski definition) is 4. The number of halogens is 3. The Hall–Kier alpha value is -2.61. The molecule has 0 saturated carbocycles. The summed E-state index contributed by atoms with van der Waals surface area (Å²) in [7, 11) is 0. The van der Waals surface area contributed by atoms with Crippen LogP contribution in [0.1, 0.15) is 24.8 Å². The van der Waals surface area contributed by atoms with Crippen molar-refractivity contribution in [3.05, 3.63) is 48.2 Å². The van der Waals surface area contributed by atoms with Crippen LogP contribution in [0.2, 0.25) is 0 Å². The molecule has 27 heavy (non-hydrogen) atoms. The average molecular weight is 378 g/mol. The zero-order chi connectivity index (χ0) is 19.3. The minimum Gasteiger partial charge on any atom is -0.340 e. The molecule has 0 atom stereocenters. The second kappa shape index (κ2) is 8.39. The smallest absolute Gasteiger partial charge is 0.340 e. The number of benzene rings is 1. The first-order valence-corrected chi connectivity index (χ1v) is 8.83. The molecule has 0 spiro atoms. The van der Waals surface area contributed by atoms with Crippen molar-refractivity contribution < 1.29 is 18.0 Å². The van der Waals surface area contributed by atoms with E-state index >= 15 is 0 Å². The Labute approximate surface area is 155 Å². The van der Waals surface area contributed by atoms with Gasteiger partial charge < -0.3 is 10.6 Å². The molecule has 1 aromatic heterocycles. The van der Waals surface area contributed by atoms with Gasteiger partial charge >= 0.3 is 6.18 Å². The lowest BCUT2D eigenvalue weighted by atomic mass is 10.1. The fraction of sp³-hybridized carbons (Fsp3) is 0.368. The van der Waals surface area contributed by atoms with Crippen molar-refractivity contribution in [2.75, 3.05) is 30.3 Å². The fourth-order valence-corrected chi connectivity index (χ4v) is 2.98. The highest BCUT2D eigenvalue weighted by atomic mass is 19.4. The first kappa shape index (κ1) is 19.2. The molecule has 8 heteroatoms. The number of nitrogens with one attached hydrogen (secondary N) is 2. The number of carbonyl (C=O) groups excluding carboxylic acids is 1. The van der Waals surface area contributed by atoms with Crippen LogP contribution in [0.4, 0.5) is 30.4 Å². The van der Waals surface area contributed by atoms with Crippen molar-refractivity contribution in [2.24, 2.45) is 0 Å². The third-order valence-electron chi connectivity index (χ3n) is 4.33. The maximum Gasteiger partial charge on any atom is 0.416 e. The minimum atomic E-state index is -4.40. The van der Waals surface area contributed by atoms with Crippen LogP contribution in [0, 0.1) is 0 Å². The maximum absolute atomic E-state index is 12.8. The Morgan fingerprint density at radius 1 is 1.07 bits per heavy atom. The number of pyridine rings is 1. The van der Waals surface area contributed by atoms with Gasteiger partial charge in [0.2, 0.25) is 5.91 Å². The highest BCUT2D eigenvalue weighted by Gasteiger charge is 2.30. The quantitative estimate of drug-likeness (QED) is 0.816. The summed E-state index contributed by atoms with van der Waals surface area (Å²) in [5.74, 6) is 0.292. The van der Waals surface area contributed by atoms with E-state index in [1.165, 1.54) is 24.8 Å². The summed E-state index contributed by atoms with van der Waals surface area (Å²) in [6.07, 6.45) is 0.523. The highest BCUT2D eigenvalue weighted by molar-refractivity contribution is 5.92. The van der Waals surface area contributed by atoms with Gasteiger partial charge in [0, 0.05) is 5.69 Å². The van der Waals surface area contributed by atoms with E-state index in [9.17, 15) is 18.0 Å². The van der Waals surface area contributed by atoms with Crippen LogP contribution in [-0.2, 0) is 11.0 Å². The normalized spacial score (nSPS) is 15.4. The molecule has 0 bridgehead atoms. The standard InChI is InChI=1S/C19H21F3N4O/c20-19(21,22)14-5-4-6-15(11-14)24-17-8-7-16(12-23-17)25-18(27)13-26-9-2-1-3-10-26/h4-8,11-12H,1-3,9-10,13H2,(H,23,24)(H,25,27). The van der Waals surface area contributed by atoms with E-state index in [2.05, 4.69) is 20.5 Å². The van der Waals surface area contributed by atoms with Gasteiger partial charge in [-0.1, -0.05) is 12.5 Å². The van der Waals surface area contributed by atoms with Gasteiger partial charge in [0.15, 0.2) is 0 Å². The molecule has 0 unspecified atom stereocenters. The highest BCUT2D eigenvalue weighted by Crippen LogP contribution is 2.31. The van der Waals surface area contributed by atoms with Crippen LogP contribution in [0.5, 0.6) is 0 Å². The van der Waals surface area contributed by atoms with Crippen LogP contribution < -0.4 is 10.6 Å². The van der Waals surface area contributed by atoms with Gasteiger partial charge in [-0.2, -0.15) is 13.2 Å². The molecule has 2 N–H and O–H groups in total. The van der Waals surface area contributed by atoms with Crippen LogP contribution in [-0.4, -0.2) is 35.4 Å². The molecule has 1 aliphatic heterocycles. The molecule has 1 aromatic carbocycles. The number of alkyl halides is 3. The first-order chi connectivity index (χ1) is 12.9. The van der Waals surface area contributed by atoms with Crippen molar-refractivity contribution in [1.82, 2.24) is 9.88 Å². The van der Waals surface area contributed by atoms with Crippen LogP contribution >= 0.6 is 0 Å². The molecule has 0 radical (unpaired) electrons. The van der Waals surface area contributed by atoms with E-state index in [1.54, 1.807) is 12.1 Å². The molecule has 1 amide bonds. The summed E-state index contributed by atoms with van der Waals surface area (Å²) >= 11 is 0. The van der Waals surface area contributed by atoms with E-state index in [4.69, 9.17) is 0 Å². The van der Waals surface area contributed by atoms with Crippen LogP contribution in [0.3, 0.4) is 0 Å². The van der Waals surface area contributed by atoms with Gasteiger partial charge in [-0.15, -0.1) is 0 Å². The third-order valence-corrected chi connectivity index (χ3v) is 4.33. The Bertz CT molecular complexity index is 771. The summed E-state index contributed by atoms with van der Waals surface area (Å²) in [6.45, 7) is 2.22. The van der Waals surface area contributed by atoms with E-state index in [0.29, 0.717) is 23.7 Å². The van der Waals surface area contributed by atoms with Gasteiger partial charge in [-0.05, 0) is 56.3 Å². The van der Waals surface area contributed by atoms with E-state index in [-0.39, 0.29) is 5.91 Å². The molecule has 1 fully saturated rings. The van der Waals surface area contributed by atoms with Gasteiger partial charge in [0.1, 0.15) is 5.82 Å². The molecule has 3 rings (SSSR count). The first-order valence-electron chi connectivity index (χ1n) is 8.83. The zero-order valence-electron chi connectivity index (χ0n) is 14.7. The maximum atomic E-state index is 12.8. The van der Waals surface area contributed by atoms with Crippen molar-refractivity contribution in [2.45, 2.75) is 25.4 Å². The summed E-state index contributed by atoms with van der Waals surface area (Å²) in [6, 6.07) is 8.18. The molecule has 1 saturated heterocycles. The Balaban J connectivity index is 1.56. The summed E-state index contributed by atoms with van der Waals surface area (Å²) in [5.41, 5.74) is 0.111. The minimum absolute atomic E-state index is 0.0997. The van der Waals surface area contributed by atoms with Gasteiger partial charge in [-0.3, -0.25) is 9.69 Å². The predicted molar refractivity (Wildman–Crippen MR) is 97.9 cm³/mol. The molecule has 0 aliphatic carbocycles. The van der Waals surface area contributed by atoms with E-state index in [1.807, 2.05) is 0 Å². The van der Waals surface area contributed by atoms with Gasteiger partial charge in [-0.25, -0.2) is 4.98 Å². The number of likely N-dealkylation sites (tertiary alicyclic amines) is 1. The monoisotopic (exact) mass is 378 g/mol. The fourth-order valence-electron chi connectivity index (χ4n) is 2.98. The summed E-state index contributed by atoms with van der Waals surface area (Å²) in [5, 5.41) is 5.62. The van der Waals surface area contributed by atoms with Crippen LogP contribution in [0.25, 0.3) is 0 Å². The zero-order valence-corrected chi connectivity index (χ0v) is 14.7. The van der Waals surface area contributed by atoms with Crippen molar-refractivity contribution >= 4 is 23.1 Å². The average Bonchev–Trinajstić information content (AvgIpc) is 2.64. The lowest BCUT2D eigenvalue weighted by Gasteiger charge is -2.25. The van der Waals surface area contributed by atoms with Crippen molar-refractivity contribution in [3.63, 3.8) is 0 Å². The lowest BCUT2D eigenvalue weighted by Crippen LogP contribution is -2.36. The number of hydrogen-bond donors (Lipinski definition) is 2.